The molecule has 1 aliphatic rings. The van der Waals surface area contributed by atoms with Crippen LogP contribution in [0, 0.1) is 0 Å². The minimum absolute atomic E-state index is 0.248. The Morgan fingerprint density at radius 2 is 1.96 bits per heavy atom. The number of pyridine rings is 1. The van der Waals surface area contributed by atoms with Gasteiger partial charge in [0.1, 0.15) is 18.0 Å². The molecule has 3 rings (SSSR count). The highest BCUT2D eigenvalue weighted by Crippen LogP contribution is 2.17. The molecule has 1 amide bonds. The number of nitrogens with one attached hydrogen (secondary N) is 1. The van der Waals surface area contributed by atoms with Crippen molar-refractivity contribution in [2.45, 2.75) is 0 Å². The summed E-state index contributed by atoms with van der Waals surface area (Å²) in [5.41, 5.74) is 0.471. The number of rotatable bonds is 3. The Hall–Kier alpha value is -2.06. The molecule has 0 radical (unpaired) electrons. The molecule has 0 atom stereocenters. The molecule has 2 aromatic heterocycles. The van der Waals surface area contributed by atoms with E-state index in [0.717, 1.165) is 36.5 Å². The number of amides is 1. The largest absolute Gasteiger partial charge is 0.354 e. The van der Waals surface area contributed by atoms with Gasteiger partial charge >= 0.3 is 0 Å². The number of hydrogen-bond donors (Lipinski definition) is 1. The summed E-state index contributed by atoms with van der Waals surface area (Å²) >= 11 is 3.31. The van der Waals surface area contributed by atoms with Gasteiger partial charge in [0.15, 0.2) is 0 Å². The van der Waals surface area contributed by atoms with E-state index in [1.807, 2.05) is 0 Å². The fourth-order valence-electron chi connectivity index (χ4n) is 2.35. The predicted octanol–water partition coefficient (Wildman–Crippen LogP) is 1.64. The number of halogens is 1. The Labute approximate surface area is 142 Å². The maximum absolute atomic E-state index is 12.2. The van der Waals surface area contributed by atoms with E-state index >= 15 is 0 Å². The summed E-state index contributed by atoms with van der Waals surface area (Å²) in [5, 5.41) is 2.79. The zero-order valence-electron chi connectivity index (χ0n) is 12.7. The van der Waals surface area contributed by atoms with Crippen LogP contribution in [0.5, 0.6) is 0 Å². The second-order valence-electron chi connectivity index (χ2n) is 5.40. The minimum Gasteiger partial charge on any atom is -0.354 e. The van der Waals surface area contributed by atoms with Gasteiger partial charge in [0.25, 0.3) is 5.91 Å². The fourth-order valence-corrected chi connectivity index (χ4v) is 2.71. The van der Waals surface area contributed by atoms with E-state index < -0.39 is 0 Å². The monoisotopic (exact) mass is 376 g/mol. The zero-order chi connectivity index (χ0) is 16.2. The second-order valence-corrected chi connectivity index (χ2v) is 6.31. The Balaban J connectivity index is 1.71. The first kappa shape index (κ1) is 15.8. The Kier molecular flexibility index (Phi) is 4.82. The average Bonchev–Trinajstić information content (AvgIpc) is 2.56. The Bertz CT molecular complexity index is 702. The number of likely N-dealkylation sites (N-methyl/N-ethyl adjacent to an activating group) is 1. The van der Waals surface area contributed by atoms with Crippen LogP contribution in [0.15, 0.2) is 35.3 Å². The van der Waals surface area contributed by atoms with Gasteiger partial charge in [-0.3, -0.25) is 9.78 Å². The summed E-state index contributed by atoms with van der Waals surface area (Å²) in [7, 11) is 2.11. The molecule has 0 aromatic carbocycles. The standard InChI is InChI=1S/C15H17BrN6O/c1-21-2-4-22(5-3-21)14-7-13(18-10-19-14)20-15(23)11-6-12(16)9-17-8-11/h6-10H,2-5H2,1H3,(H,18,19,20,23). The molecule has 1 fully saturated rings. The van der Waals surface area contributed by atoms with Crippen LogP contribution in [0.25, 0.3) is 0 Å². The summed E-state index contributed by atoms with van der Waals surface area (Å²) in [6, 6.07) is 3.51. The van der Waals surface area contributed by atoms with Crippen LogP contribution in [0.3, 0.4) is 0 Å². The molecule has 0 bridgehead atoms. The van der Waals surface area contributed by atoms with Gasteiger partial charge in [-0.25, -0.2) is 9.97 Å². The van der Waals surface area contributed by atoms with Crippen molar-refractivity contribution in [3.05, 3.63) is 40.9 Å². The molecule has 0 unspecified atom stereocenters. The third-order valence-electron chi connectivity index (χ3n) is 3.69. The Morgan fingerprint density at radius 1 is 1.17 bits per heavy atom. The molecule has 7 nitrogen and oxygen atoms in total. The first-order chi connectivity index (χ1) is 11.1. The van der Waals surface area contributed by atoms with Crippen LogP contribution in [-0.2, 0) is 0 Å². The van der Waals surface area contributed by atoms with Crippen molar-refractivity contribution >= 4 is 33.5 Å². The molecule has 1 N–H and O–H groups in total. The molecule has 0 saturated carbocycles. The van der Waals surface area contributed by atoms with Gasteiger partial charge < -0.3 is 15.1 Å². The van der Waals surface area contributed by atoms with Gasteiger partial charge in [-0.15, -0.1) is 0 Å². The van der Waals surface area contributed by atoms with E-state index in [9.17, 15) is 4.79 Å². The SMILES string of the molecule is CN1CCN(c2cc(NC(=O)c3cncc(Br)c3)ncn2)CC1. The zero-order valence-corrected chi connectivity index (χ0v) is 14.3. The van der Waals surface area contributed by atoms with Gasteiger partial charge in [0, 0.05) is 49.1 Å². The van der Waals surface area contributed by atoms with E-state index in [1.54, 1.807) is 18.3 Å². The highest BCUT2D eigenvalue weighted by Gasteiger charge is 2.16. The number of hydrogen-bond acceptors (Lipinski definition) is 6. The van der Waals surface area contributed by atoms with Gasteiger partial charge in [0.05, 0.1) is 5.56 Å². The fraction of sp³-hybridized carbons (Fsp3) is 0.333. The highest BCUT2D eigenvalue weighted by atomic mass is 79.9. The quantitative estimate of drug-likeness (QED) is 0.877. The number of carbonyl (C=O) groups excluding carboxylic acids is 1. The van der Waals surface area contributed by atoms with Crippen molar-refractivity contribution in [3.8, 4) is 0 Å². The molecule has 1 aliphatic heterocycles. The number of carbonyl (C=O) groups is 1. The molecule has 2 aromatic rings. The molecule has 8 heteroatoms. The van der Waals surface area contributed by atoms with E-state index in [-0.39, 0.29) is 5.91 Å². The molecule has 0 aliphatic carbocycles. The minimum atomic E-state index is -0.248. The second kappa shape index (κ2) is 7.01. The van der Waals surface area contributed by atoms with Crippen LogP contribution in [0.2, 0.25) is 0 Å². The molecule has 23 heavy (non-hydrogen) atoms. The van der Waals surface area contributed by atoms with Crippen molar-refractivity contribution < 1.29 is 4.79 Å². The van der Waals surface area contributed by atoms with Crippen LogP contribution >= 0.6 is 15.9 Å². The molecule has 120 valence electrons. The van der Waals surface area contributed by atoms with Crippen molar-refractivity contribution in [3.63, 3.8) is 0 Å². The smallest absolute Gasteiger partial charge is 0.258 e. The van der Waals surface area contributed by atoms with Crippen molar-refractivity contribution in [2.24, 2.45) is 0 Å². The summed E-state index contributed by atoms with van der Waals surface area (Å²) < 4.78 is 0.756. The van der Waals surface area contributed by atoms with Gasteiger partial charge in [-0.05, 0) is 29.0 Å². The van der Waals surface area contributed by atoms with E-state index in [1.165, 1.54) is 12.5 Å². The number of anilines is 2. The summed E-state index contributed by atoms with van der Waals surface area (Å²) in [5.74, 6) is 1.07. The van der Waals surface area contributed by atoms with E-state index in [2.05, 4.69) is 53.0 Å². The van der Waals surface area contributed by atoms with E-state index in [4.69, 9.17) is 0 Å². The Morgan fingerprint density at radius 3 is 2.70 bits per heavy atom. The lowest BCUT2D eigenvalue weighted by Crippen LogP contribution is -2.44. The molecule has 3 heterocycles. The summed E-state index contributed by atoms with van der Waals surface area (Å²) in [4.78, 5) is 29.1. The van der Waals surface area contributed by atoms with Crippen LogP contribution in [-0.4, -0.2) is 59.0 Å². The number of aromatic nitrogens is 3. The first-order valence-electron chi connectivity index (χ1n) is 7.29. The van der Waals surface area contributed by atoms with Gasteiger partial charge in [-0.1, -0.05) is 0 Å². The van der Waals surface area contributed by atoms with Crippen molar-refractivity contribution in [1.82, 2.24) is 19.9 Å². The van der Waals surface area contributed by atoms with Crippen molar-refractivity contribution in [2.75, 3.05) is 43.4 Å². The lowest BCUT2D eigenvalue weighted by atomic mass is 10.2. The third kappa shape index (κ3) is 4.02. The van der Waals surface area contributed by atoms with Crippen LogP contribution < -0.4 is 10.2 Å². The van der Waals surface area contributed by atoms with Crippen molar-refractivity contribution in [1.29, 1.82) is 0 Å². The summed E-state index contributed by atoms with van der Waals surface area (Å²) in [6.07, 6.45) is 4.62. The molecule has 0 spiro atoms. The third-order valence-corrected chi connectivity index (χ3v) is 4.12. The predicted molar refractivity (Wildman–Crippen MR) is 91.6 cm³/mol. The highest BCUT2D eigenvalue weighted by molar-refractivity contribution is 9.10. The molecular formula is C15H17BrN6O. The molecule has 1 saturated heterocycles. The van der Waals surface area contributed by atoms with Gasteiger partial charge in [0.2, 0.25) is 0 Å². The lowest BCUT2D eigenvalue weighted by molar-refractivity contribution is 0.102. The molecular weight excluding hydrogens is 360 g/mol. The number of nitrogens with zero attached hydrogens (tertiary/aromatic N) is 5. The first-order valence-corrected chi connectivity index (χ1v) is 8.08. The van der Waals surface area contributed by atoms with Crippen LogP contribution in [0.1, 0.15) is 10.4 Å². The van der Waals surface area contributed by atoms with E-state index in [0.29, 0.717) is 11.4 Å². The normalized spacial score (nSPS) is 15.5. The average molecular weight is 377 g/mol. The maximum atomic E-state index is 12.2. The van der Waals surface area contributed by atoms with Gasteiger partial charge in [-0.2, -0.15) is 0 Å². The maximum Gasteiger partial charge on any atom is 0.258 e. The lowest BCUT2D eigenvalue weighted by Gasteiger charge is -2.33. The van der Waals surface area contributed by atoms with Crippen LogP contribution in [0.4, 0.5) is 11.6 Å². The number of piperazine rings is 1. The topological polar surface area (TPSA) is 74.2 Å². The summed E-state index contributed by atoms with van der Waals surface area (Å²) in [6.45, 7) is 3.82.